The van der Waals surface area contributed by atoms with Crippen LogP contribution in [0, 0.1) is 0 Å². The maximum atomic E-state index is 5.26. The molecule has 0 aliphatic heterocycles. The highest BCUT2D eigenvalue weighted by molar-refractivity contribution is 5.68. The topological polar surface area (TPSA) is 85.2 Å². The van der Waals surface area contributed by atoms with Crippen molar-refractivity contribution in [1.29, 1.82) is 0 Å². The summed E-state index contributed by atoms with van der Waals surface area (Å²) in [6, 6.07) is 2.07. The van der Waals surface area contributed by atoms with E-state index in [1.807, 2.05) is 20.9 Å². The Kier molecular flexibility index (Phi) is 4.46. The van der Waals surface area contributed by atoms with Crippen LogP contribution in [0.1, 0.15) is 56.9 Å². The van der Waals surface area contributed by atoms with Gasteiger partial charge >= 0.3 is 0 Å². The number of nitrogens with zero attached hydrogens (tertiary/aromatic N) is 7. The number of aromatic nitrogens is 6. The molecular formula is C16H23N7O. The van der Waals surface area contributed by atoms with E-state index < -0.39 is 0 Å². The SMILES string of the molecule is CC(C)c1cc(N(C)CCc2noc(C(C)C)n2)c2nncn2n1. The van der Waals surface area contributed by atoms with E-state index in [1.54, 1.807) is 10.8 Å². The van der Waals surface area contributed by atoms with Crippen LogP contribution < -0.4 is 4.90 Å². The summed E-state index contributed by atoms with van der Waals surface area (Å²) in [6.07, 6.45) is 2.33. The molecule has 3 aromatic heterocycles. The average molecular weight is 329 g/mol. The van der Waals surface area contributed by atoms with Gasteiger partial charge in [-0.2, -0.15) is 14.6 Å². The lowest BCUT2D eigenvalue weighted by atomic mass is 10.1. The van der Waals surface area contributed by atoms with E-state index >= 15 is 0 Å². The van der Waals surface area contributed by atoms with Gasteiger partial charge < -0.3 is 9.42 Å². The van der Waals surface area contributed by atoms with Crippen molar-refractivity contribution in [2.24, 2.45) is 0 Å². The van der Waals surface area contributed by atoms with Gasteiger partial charge in [0.05, 0.1) is 11.4 Å². The fourth-order valence-electron chi connectivity index (χ4n) is 2.38. The fourth-order valence-corrected chi connectivity index (χ4v) is 2.38. The molecule has 8 nitrogen and oxygen atoms in total. The van der Waals surface area contributed by atoms with Gasteiger partial charge in [0.1, 0.15) is 6.33 Å². The molecule has 0 saturated heterocycles. The Morgan fingerprint density at radius 3 is 2.67 bits per heavy atom. The summed E-state index contributed by atoms with van der Waals surface area (Å²) in [5.41, 5.74) is 2.75. The van der Waals surface area contributed by atoms with E-state index in [1.165, 1.54) is 0 Å². The van der Waals surface area contributed by atoms with Crippen molar-refractivity contribution in [1.82, 2.24) is 30.0 Å². The van der Waals surface area contributed by atoms with Gasteiger partial charge in [0, 0.05) is 25.9 Å². The molecule has 0 unspecified atom stereocenters. The van der Waals surface area contributed by atoms with Crippen LogP contribution >= 0.6 is 0 Å². The summed E-state index contributed by atoms with van der Waals surface area (Å²) >= 11 is 0. The van der Waals surface area contributed by atoms with Gasteiger partial charge in [-0.3, -0.25) is 0 Å². The van der Waals surface area contributed by atoms with Crippen LogP contribution in [0.4, 0.5) is 5.69 Å². The molecule has 3 aromatic rings. The van der Waals surface area contributed by atoms with Gasteiger partial charge in [-0.15, -0.1) is 10.2 Å². The molecule has 0 bridgehead atoms. The lowest BCUT2D eigenvalue weighted by molar-refractivity contribution is 0.360. The van der Waals surface area contributed by atoms with Gasteiger partial charge in [0.15, 0.2) is 5.82 Å². The molecule has 128 valence electrons. The van der Waals surface area contributed by atoms with Crippen molar-refractivity contribution in [2.75, 3.05) is 18.5 Å². The highest BCUT2D eigenvalue weighted by atomic mass is 16.5. The smallest absolute Gasteiger partial charge is 0.229 e. The largest absolute Gasteiger partial charge is 0.371 e. The molecule has 0 fully saturated rings. The van der Waals surface area contributed by atoms with Crippen LogP contribution in [0.15, 0.2) is 16.9 Å². The third kappa shape index (κ3) is 3.22. The third-order valence-electron chi connectivity index (χ3n) is 3.92. The molecule has 8 heteroatoms. The number of rotatable bonds is 6. The van der Waals surface area contributed by atoms with Gasteiger partial charge in [-0.1, -0.05) is 32.9 Å². The molecule has 0 aliphatic carbocycles. The summed E-state index contributed by atoms with van der Waals surface area (Å²) in [5.74, 6) is 1.97. The third-order valence-corrected chi connectivity index (χ3v) is 3.92. The van der Waals surface area contributed by atoms with Crippen LogP contribution in [0.25, 0.3) is 5.65 Å². The summed E-state index contributed by atoms with van der Waals surface area (Å²) in [4.78, 5) is 6.55. The molecule has 3 rings (SSSR count). The number of hydrogen-bond acceptors (Lipinski definition) is 7. The van der Waals surface area contributed by atoms with Gasteiger partial charge in [-0.25, -0.2) is 0 Å². The lowest BCUT2D eigenvalue weighted by Crippen LogP contribution is -2.22. The monoisotopic (exact) mass is 329 g/mol. The van der Waals surface area contributed by atoms with Gasteiger partial charge in [0.2, 0.25) is 11.5 Å². The Labute approximate surface area is 140 Å². The molecular weight excluding hydrogens is 306 g/mol. The zero-order valence-corrected chi connectivity index (χ0v) is 14.8. The zero-order valence-electron chi connectivity index (χ0n) is 14.8. The molecule has 3 heterocycles. The molecule has 0 saturated carbocycles. The van der Waals surface area contributed by atoms with E-state index in [0.717, 1.165) is 29.4 Å². The van der Waals surface area contributed by atoms with Gasteiger partial charge in [-0.05, 0) is 12.0 Å². The van der Waals surface area contributed by atoms with Gasteiger partial charge in [0.25, 0.3) is 0 Å². The minimum atomic E-state index is 0.244. The van der Waals surface area contributed by atoms with Crippen molar-refractivity contribution in [3.63, 3.8) is 0 Å². The van der Waals surface area contributed by atoms with Crippen molar-refractivity contribution in [2.45, 2.75) is 46.0 Å². The Hall–Kier alpha value is -2.51. The van der Waals surface area contributed by atoms with Crippen LogP contribution in [-0.2, 0) is 6.42 Å². The molecule has 0 amide bonds. The Morgan fingerprint density at radius 1 is 1.21 bits per heavy atom. The molecule has 0 spiro atoms. The fraction of sp³-hybridized carbons (Fsp3) is 0.562. The number of likely N-dealkylation sites (N-methyl/N-ethyl adjacent to an activating group) is 1. The lowest BCUT2D eigenvalue weighted by Gasteiger charge is -2.20. The van der Waals surface area contributed by atoms with E-state index in [-0.39, 0.29) is 5.92 Å². The molecule has 0 atom stereocenters. The van der Waals surface area contributed by atoms with E-state index in [0.29, 0.717) is 18.2 Å². The first-order valence-corrected chi connectivity index (χ1v) is 8.20. The average Bonchev–Trinajstić information content (AvgIpc) is 3.20. The zero-order chi connectivity index (χ0) is 17.3. The second-order valence-corrected chi connectivity index (χ2v) is 6.58. The second-order valence-electron chi connectivity index (χ2n) is 6.58. The molecule has 0 aliphatic rings. The van der Waals surface area contributed by atoms with Crippen molar-refractivity contribution < 1.29 is 4.52 Å². The number of anilines is 1. The Morgan fingerprint density at radius 2 is 2.00 bits per heavy atom. The first-order chi connectivity index (χ1) is 11.5. The predicted molar refractivity (Wildman–Crippen MR) is 90.2 cm³/mol. The normalized spacial score (nSPS) is 11.8. The Bertz CT molecular complexity index is 821. The number of fused-ring (bicyclic) bond motifs is 1. The maximum Gasteiger partial charge on any atom is 0.229 e. The van der Waals surface area contributed by atoms with Crippen LogP contribution in [0.3, 0.4) is 0 Å². The minimum absolute atomic E-state index is 0.244. The quantitative estimate of drug-likeness (QED) is 0.686. The van der Waals surface area contributed by atoms with Crippen molar-refractivity contribution in [3.8, 4) is 0 Å². The summed E-state index contributed by atoms with van der Waals surface area (Å²) < 4.78 is 6.98. The predicted octanol–water partition coefficient (Wildman–Crippen LogP) is 2.43. The van der Waals surface area contributed by atoms with E-state index in [4.69, 9.17) is 4.52 Å². The van der Waals surface area contributed by atoms with E-state index in [2.05, 4.69) is 50.3 Å². The van der Waals surface area contributed by atoms with Crippen LogP contribution in [0.2, 0.25) is 0 Å². The first kappa shape index (κ1) is 16.4. The maximum absolute atomic E-state index is 5.26. The molecule has 0 N–H and O–H groups in total. The summed E-state index contributed by atoms with van der Waals surface area (Å²) in [7, 11) is 2.03. The van der Waals surface area contributed by atoms with Crippen LogP contribution in [0.5, 0.6) is 0 Å². The summed E-state index contributed by atoms with van der Waals surface area (Å²) in [6.45, 7) is 9.07. The summed E-state index contributed by atoms with van der Waals surface area (Å²) in [5, 5.41) is 16.7. The first-order valence-electron chi connectivity index (χ1n) is 8.20. The highest BCUT2D eigenvalue weighted by Gasteiger charge is 2.15. The standard InChI is InChI=1S/C16H23N7O/c1-10(2)12-8-13(15-19-17-9-23(15)20-12)22(5)7-6-14-18-16(11(3)4)24-21-14/h8-11H,6-7H2,1-5H3. The molecule has 24 heavy (non-hydrogen) atoms. The van der Waals surface area contributed by atoms with Crippen molar-refractivity contribution in [3.05, 3.63) is 29.8 Å². The molecule has 0 radical (unpaired) electrons. The molecule has 0 aromatic carbocycles. The van der Waals surface area contributed by atoms with Crippen LogP contribution in [-0.4, -0.2) is 43.5 Å². The highest BCUT2D eigenvalue weighted by Crippen LogP contribution is 2.23. The Balaban J connectivity index is 1.80. The second kappa shape index (κ2) is 6.54. The number of hydrogen-bond donors (Lipinski definition) is 0. The van der Waals surface area contributed by atoms with E-state index in [9.17, 15) is 0 Å². The van der Waals surface area contributed by atoms with Crippen molar-refractivity contribution >= 4 is 11.3 Å². The minimum Gasteiger partial charge on any atom is -0.371 e.